The second-order valence-electron chi connectivity index (χ2n) is 5.54. The van der Waals surface area contributed by atoms with E-state index in [4.69, 9.17) is 20.8 Å². The maximum atomic E-state index is 6.00. The molecule has 3 heterocycles. The number of morpholine rings is 1. The highest BCUT2D eigenvalue weighted by atomic mass is 35.5. The van der Waals surface area contributed by atoms with Crippen molar-refractivity contribution in [3.8, 4) is 11.3 Å². The van der Waals surface area contributed by atoms with E-state index in [1.807, 2.05) is 31.2 Å². The van der Waals surface area contributed by atoms with E-state index in [9.17, 15) is 0 Å². The fourth-order valence-electron chi connectivity index (χ4n) is 2.94. The zero-order chi connectivity index (χ0) is 15.8. The molecule has 0 radical (unpaired) electrons. The summed E-state index contributed by atoms with van der Waals surface area (Å²) < 4.78 is 11.4. The molecule has 4 rings (SSSR count). The number of rotatable bonds is 2. The summed E-state index contributed by atoms with van der Waals surface area (Å²) in [5, 5.41) is 1.68. The van der Waals surface area contributed by atoms with Crippen molar-refractivity contribution in [1.82, 2.24) is 9.97 Å². The van der Waals surface area contributed by atoms with Gasteiger partial charge in [0, 0.05) is 29.2 Å². The van der Waals surface area contributed by atoms with E-state index in [-0.39, 0.29) is 0 Å². The summed E-state index contributed by atoms with van der Waals surface area (Å²) in [4.78, 5) is 11.0. The average molecular weight is 330 g/mol. The van der Waals surface area contributed by atoms with Gasteiger partial charge in [-0.15, -0.1) is 0 Å². The van der Waals surface area contributed by atoms with Crippen LogP contribution >= 0.6 is 11.6 Å². The normalized spacial score (nSPS) is 15.3. The van der Waals surface area contributed by atoms with Gasteiger partial charge in [-0.05, 0) is 31.2 Å². The Morgan fingerprint density at radius 2 is 1.83 bits per heavy atom. The average Bonchev–Trinajstić information content (AvgIpc) is 2.93. The zero-order valence-corrected chi connectivity index (χ0v) is 13.5. The Morgan fingerprint density at radius 1 is 1.09 bits per heavy atom. The van der Waals surface area contributed by atoms with Crippen molar-refractivity contribution in [3.63, 3.8) is 0 Å². The van der Waals surface area contributed by atoms with Crippen LogP contribution < -0.4 is 4.90 Å². The lowest BCUT2D eigenvalue weighted by molar-refractivity contribution is 0.122. The number of halogens is 1. The lowest BCUT2D eigenvalue weighted by Gasteiger charge is -2.28. The molecule has 0 amide bonds. The van der Waals surface area contributed by atoms with Crippen LogP contribution in [0.15, 0.2) is 35.0 Å². The predicted molar refractivity (Wildman–Crippen MR) is 90.0 cm³/mol. The molecule has 1 aliphatic heterocycles. The van der Waals surface area contributed by atoms with Crippen LogP contribution in [0, 0.1) is 6.92 Å². The monoisotopic (exact) mass is 329 g/mol. The van der Waals surface area contributed by atoms with Crippen LogP contribution in [0.1, 0.15) is 5.56 Å². The van der Waals surface area contributed by atoms with Crippen LogP contribution in [-0.2, 0) is 4.74 Å². The van der Waals surface area contributed by atoms with Crippen molar-refractivity contribution in [2.75, 3.05) is 31.2 Å². The van der Waals surface area contributed by atoms with Crippen LogP contribution in [0.2, 0.25) is 5.02 Å². The van der Waals surface area contributed by atoms with Crippen LogP contribution in [-0.4, -0.2) is 36.3 Å². The Kier molecular flexibility index (Phi) is 3.67. The number of anilines is 1. The van der Waals surface area contributed by atoms with Gasteiger partial charge in [-0.25, -0.2) is 9.97 Å². The van der Waals surface area contributed by atoms with Gasteiger partial charge in [0.2, 0.25) is 5.71 Å². The third-order valence-electron chi connectivity index (χ3n) is 4.12. The van der Waals surface area contributed by atoms with Gasteiger partial charge in [0.05, 0.1) is 18.6 Å². The quantitative estimate of drug-likeness (QED) is 0.717. The topological polar surface area (TPSA) is 51.4 Å². The molecule has 0 bridgehead atoms. The fourth-order valence-corrected chi connectivity index (χ4v) is 3.07. The van der Waals surface area contributed by atoms with Gasteiger partial charge in [-0.2, -0.15) is 0 Å². The Bertz CT molecular complexity index is 839. The molecule has 0 aliphatic carbocycles. The number of aromatic nitrogens is 2. The van der Waals surface area contributed by atoms with Gasteiger partial charge in [-0.1, -0.05) is 11.6 Å². The molecule has 23 heavy (non-hydrogen) atoms. The number of hydrogen-bond donors (Lipinski definition) is 0. The lowest BCUT2D eigenvalue weighted by atomic mass is 10.1. The van der Waals surface area contributed by atoms with Crippen molar-refractivity contribution in [2.45, 2.75) is 6.92 Å². The smallest absolute Gasteiger partial charge is 0.232 e. The molecular weight excluding hydrogens is 314 g/mol. The second-order valence-corrected chi connectivity index (χ2v) is 5.98. The van der Waals surface area contributed by atoms with E-state index in [2.05, 4.69) is 14.9 Å². The van der Waals surface area contributed by atoms with Gasteiger partial charge in [0.1, 0.15) is 17.9 Å². The minimum absolute atomic E-state index is 0.615. The number of nitrogens with zero attached hydrogens (tertiary/aromatic N) is 3. The van der Waals surface area contributed by atoms with Gasteiger partial charge >= 0.3 is 0 Å². The van der Waals surface area contributed by atoms with Crippen LogP contribution in [0.4, 0.5) is 5.82 Å². The largest absolute Gasteiger partial charge is 0.437 e. The van der Waals surface area contributed by atoms with Crippen molar-refractivity contribution >= 4 is 28.5 Å². The molecule has 1 saturated heterocycles. The van der Waals surface area contributed by atoms with Crippen molar-refractivity contribution < 1.29 is 9.15 Å². The number of fused-ring (bicyclic) bond motifs is 1. The highest BCUT2D eigenvalue weighted by Crippen LogP contribution is 2.36. The Labute approximate surface area is 138 Å². The standard InChI is InChI=1S/C17H16ClN3O2/c1-11-14-16(21-6-8-22-9-7-21)19-10-20-17(14)23-15(11)12-2-4-13(18)5-3-12/h2-5,10H,6-9H2,1H3. The van der Waals surface area contributed by atoms with Crippen molar-refractivity contribution in [2.24, 2.45) is 0 Å². The van der Waals surface area contributed by atoms with Gasteiger partial charge in [-0.3, -0.25) is 0 Å². The number of aryl methyl sites for hydroxylation is 1. The first kappa shape index (κ1) is 14.5. The Balaban J connectivity index is 1.85. The molecule has 0 saturated carbocycles. The van der Waals surface area contributed by atoms with E-state index in [1.54, 1.807) is 6.33 Å². The molecule has 2 aromatic heterocycles. The van der Waals surface area contributed by atoms with Crippen molar-refractivity contribution in [1.29, 1.82) is 0 Å². The third kappa shape index (κ3) is 2.56. The summed E-state index contributed by atoms with van der Waals surface area (Å²) in [7, 11) is 0. The molecule has 1 aliphatic rings. The first-order chi connectivity index (χ1) is 11.2. The van der Waals surface area contributed by atoms with E-state index in [0.717, 1.165) is 41.2 Å². The molecule has 1 aromatic carbocycles. The molecule has 1 fully saturated rings. The van der Waals surface area contributed by atoms with Crippen LogP contribution in [0.3, 0.4) is 0 Å². The highest BCUT2D eigenvalue weighted by Gasteiger charge is 2.22. The maximum absolute atomic E-state index is 6.00. The maximum Gasteiger partial charge on any atom is 0.232 e. The summed E-state index contributed by atoms with van der Waals surface area (Å²) in [6, 6.07) is 7.62. The number of ether oxygens (including phenoxy) is 1. The molecule has 6 heteroatoms. The molecular formula is C17H16ClN3O2. The molecule has 0 N–H and O–H groups in total. The predicted octanol–water partition coefficient (Wildman–Crippen LogP) is 3.69. The SMILES string of the molecule is Cc1c(-c2ccc(Cl)cc2)oc2ncnc(N3CCOCC3)c12. The summed E-state index contributed by atoms with van der Waals surface area (Å²) in [5.41, 5.74) is 2.64. The highest BCUT2D eigenvalue weighted by molar-refractivity contribution is 6.30. The summed E-state index contributed by atoms with van der Waals surface area (Å²) in [6.45, 7) is 5.13. The van der Waals surface area contributed by atoms with E-state index in [0.29, 0.717) is 23.9 Å². The number of furan rings is 1. The van der Waals surface area contributed by atoms with E-state index in [1.165, 1.54) is 0 Å². The molecule has 118 valence electrons. The second kappa shape index (κ2) is 5.83. The van der Waals surface area contributed by atoms with Gasteiger partial charge in [0.25, 0.3) is 0 Å². The minimum Gasteiger partial charge on any atom is -0.437 e. The van der Waals surface area contributed by atoms with Crippen LogP contribution in [0.5, 0.6) is 0 Å². The first-order valence-electron chi connectivity index (χ1n) is 7.57. The molecule has 0 unspecified atom stereocenters. The fraction of sp³-hybridized carbons (Fsp3) is 0.294. The summed E-state index contributed by atoms with van der Waals surface area (Å²) >= 11 is 5.97. The number of benzene rings is 1. The minimum atomic E-state index is 0.615. The summed E-state index contributed by atoms with van der Waals surface area (Å²) in [6.07, 6.45) is 1.56. The van der Waals surface area contributed by atoms with Gasteiger partial charge < -0.3 is 14.1 Å². The van der Waals surface area contributed by atoms with Gasteiger partial charge in [0.15, 0.2) is 0 Å². The molecule has 3 aromatic rings. The lowest BCUT2D eigenvalue weighted by Crippen LogP contribution is -2.36. The zero-order valence-electron chi connectivity index (χ0n) is 12.8. The molecule has 0 spiro atoms. The van der Waals surface area contributed by atoms with E-state index < -0.39 is 0 Å². The van der Waals surface area contributed by atoms with E-state index >= 15 is 0 Å². The Morgan fingerprint density at radius 3 is 2.57 bits per heavy atom. The molecule has 5 nitrogen and oxygen atoms in total. The van der Waals surface area contributed by atoms with Crippen molar-refractivity contribution in [3.05, 3.63) is 41.2 Å². The van der Waals surface area contributed by atoms with Crippen LogP contribution in [0.25, 0.3) is 22.4 Å². The summed E-state index contributed by atoms with van der Waals surface area (Å²) in [5.74, 6) is 1.73. The Hall–Kier alpha value is -2.11. The first-order valence-corrected chi connectivity index (χ1v) is 7.94. The number of hydrogen-bond acceptors (Lipinski definition) is 5. The molecule has 0 atom stereocenters. The third-order valence-corrected chi connectivity index (χ3v) is 4.38.